The van der Waals surface area contributed by atoms with Crippen LogP contribution in [0.5, 0.6) is 0 Å². The van der Waals surface area contributed by atoms with Crippen LogP contribution in [0.2, 0.25) is 0 Å². The molecule has 4 rings (SSSR count). The highest BCUT2D eigenvalue weighted by Gasteiger charge is 2.52. The van der Waals surface area contributed by atoms with E-state index in [9.17, 15) is 9.59 Å². The van der Waals surface area contributed by atoms with E-state index >= 15 is 0 Å². The number of carbonyl (C=O) groups excluding carboxylic acids is 2. The third kappa shape index (κ3) is 3.62. The van der Waals surface area contributed by atoms with Gasteiger partial charge in [0.15, 0.2) is 0 Å². The summed E-state index contributed by atoms with van der Waals surface area (Å²) in [5.41, 5.74) is 1.79. The topological polar surface area (TPSA) is 55.8 Å². The molecule has 4 aliphatic rings. The molecule has 5 heteroatoms. The Balaban J connectivity index is 1.42. The van der Waals surface area contributed by atoms with Gasteiger partial charge in [-0.1, -0.05) is 31.9 Å². The molecule has 2 aliphatic heterocycles. The highest BCUT2D eigenvalue weighted by Crippen LogP contribution is 2.54. The van der Waals surface area contributed by atoms with E-state index < -0.39 is 0 Å². The first-order valence-corrected chi connectivity index (χ1v) is 11.2. The van der Waals surface area contributed by atoms with Gasteiger partial charge in [0.1, 0.15) is 6.10 Å². The largest absolute Gasteiger partial charge is 0.466 e. The first-order valence-electron chi connectivity index (χ1n) is 11.2. The van der Waals surface area contributed by atoms with Crippen LogP contribution >= 0.6 is 0 Å². The average molecular weight is 390 g/mol. The van der Waals surface area contributed by atoms with Crippen LogP contribution in [-0.4, -0.2) is 49.2 Å². The second kappa shape index (κ2) is 7.81. The summed E-state index contributed by atoms with van der Waals surface area (Å²) in [7, 11) is 0. The molecule has 2 heterocycles. The normalized spacial score (nSPS) is 39.0. The maximum Gasteiger partial charge on any atom is 0.311 e. The molecule has 0 N–H and O–H groups in total. The lowest BCUT2D eigenvalue weighted by Crippen LogP contribution is -2.43. The van der Waals surface area contributed by atoms with Crippen molar-refractivity contribution in [1.82, 2.24) is 4.90 Å². The molecular formula is C23H35NO4. The highest BCUT2D eigenvalue weighted by molar-refractivity contribution is 5.76. The van der Waals surface area contributed by atoms with Crippen molar-refractivity contribution >= 4 is 11.9 Å². The summed E-state index contributed by atoms with van der Waals surface area (Å²) in [4.78, 5) is 27.0. The Morgan fingerprint density at radius 3 is 2.79 bits per heavy atom. The van der Waals surface area contributed by atoms with Crippen LogP contribution in [0.25, 0.3) is 0 Å². The number of fused-ring (bicyclic) bond motifs is 2. The van der Waals surface area contributed by atoms with Gasteiger partial charge in [-0.25, -0.2) is 0 Å². The van der Waals surface area contributed by atoms with Gasteiger partial charge in [-0.3, -0.25) is 9.59 Å². The minimum Gasteiger partial charge on any atom is -0.466 e. The second-order valence-corrected chi connectivity index (χ2v) is 9.67. The second-order valence-electron chi connectivity index (χ2n) is 9.67. The molecule has 0 spiro atoms. The number of nitrogens with zero attached hydrogens (tertiary/aromatic N) is 1. The first kappa shape index (κ1) is 19.9. The molecule has 2 aliphatic carbocycles. The monoisotopic (exact) mass is 389 g/mol. The molecule has 0 bridgehead atoms. The first-order chi connectivity index (χ1) is 13.4. The molecule has 1 saturated carbocycles. The summed E-state index contributed by atoms with van der Waals surface area (Å²) < 4.78 is 11.0. The summed E-state index contributed by atoms with van der Waals surface area (Å²) in [5.74, 6) is 0.713. The Kier molecular flexibility index (Phi) is 5.56. The number of hydrogen-bond acceptors (Lipinski definition) is 5. The zero-order valence-corrected chi connectivity index (χ0v) is 17.6. The predicted molar refractivity (Wildman–Crippen MR) is 106 cm³/mol. The maximum atomic E-state index is 12.7. The molecule has 0 amide bonds. The van der Waals surface area contributed by atoms with Gasteiger partial charge in [-0.2, -0.15) is 0 Å². The zero-order valence-electron chi connectivity index (χ0n) is 17.6. The van der Waals surface area contributed by atoms with Crippen LogP contribution in [-0.2, 0) is 19.1 Å². The molecule has 5 nitrogen and oxygen atoms in total. The summed E-state index contributed by atoms with van der Waals surface area (Å²) in [5, 5.41) is 0. The number of piperidine rings is 1. The summed E-state index contributed by atoms with van der Waals surface area (Å²) in [6, 6.07) is 0. The predicted octanol–water partition coefficient (Wildman–Crippen LogP) is 3.58. The van der Waals surface area contributed by atoms with Gasteiger partial charge in [0.25, 0.3) is 0 Å². The van der Waals surface area contributed by atoms with Crippen LogP contribution in [0.1, 0.15) is 59.3 Å². The van der Waals surface area contributed by atoms with Crippen LogP contribution in [0.15, 0.2) is 11.6 Å². The zero-order chi connectivity index (χ0) is 19.9. The van der Waals surface area contributed by atoms with Gasteiger partial charge in [0.05, 0.1) is 18.4 Å². The van der Waals surface area contributed by atoms with E-state index in [1.165, 1.54) is 19.3 Å². The van der Waals surface area contributed by atoms with Crippen molar-refractivity contribution in [2.24, 2.45) is 29.1 Å². The molecule has 0 aromatic heterocycles. The van der Waals surface area contributed by atoms with Crippen molar-refractivity contribution in [3.05, 3.63) is 11.6 Å². The van der Waals surface area contributed by atoms with Crippen LogP contribution in [0, 0.1) is 29.1 Å². The van der Waals surface area contributed by atoms with Gasteiger partial charge in [0.2, 0.25) is 0 Å². The summed E-state index contributed by atoms with van der Waals surface area (Å²) in [6.45, 7) is 9.48. The van der Waals surface area contributed by atoms with Crippen molar-refractivity contribution in [1.29, 1.82) is 0 Å². The summed E-state index contributed by atoms with van der Waals surface area (Å²) >= 11 is 0. The molecule has 0 unspecified atom stereocenters. The third-order valence-corrected chi connectivity index (χ3v) is 7.74. The van der Waals surface area contributed by atoms with E-state index in [1.54, 1.807) is 5.57 Å². The van der Waals surface area contributed by atoms with E-state index in [0.717, 1.165) is 38.9 Å². The maximum absolute atomic E-state index is 12.7. The molecule has 3 fully saturated rings. The Hall–Kier alpha value is -1.36. The average Bonchev–Trinajstić information content (AvgIpc) is 2.95. The van der Waals surface area contributed by atoms with Crippen LogP contribution in [0.3, 0.4) is 0 Å². The Morgan fingerprint density at radius 2 is 2.07 bits per heavy atom. The molecular weight excluding hydrogens is 354 g/mol. The number of ether oxygens (including phenoxy) is 2. The van der Waals surface area contributed by atoms with Gasteiger partial charge < -0.3 is 14.4 Å². The number of carbonyl (C=O) groups is 2. The van der Waals surface area contributed by atoms with E-state index in [-0.39, 0.29) is 41.2 Å². The van der Waals surface area contributed by atoms with Crippen molar-refractivity contribution in [3.8, 4) is 0 Å². The standard InChI is InChI=1S/C23H35NO4/c1-4-27-21(25)16-7-10-24(11-8-16)14-18-17-12-19-15(2)6-5-9-23(19,3)13-20(17)28-22(18)26/h12,15-18,20H,4-11,13-14H2,1-3H3/t15-,17+,18+,20+,23+/m0/s1. The van der Waals surface area contributed by atoms with Crippen LogP contribution < -0.4 is 0 Å². The SMILES string of the molecule is CCOC(=O)C1CCN(C[C@H]2C(=O)O[C@@H]3C[C@@]4(C)CCC[C@H](C)C4=C[C@@H]32)CC1. The number of hydrogen-bond donors (Lipinski definition) is 0. The highest BCUT2D eigenvalue weighted by atomic mass is 16.6. The lowest BCUT2D eigenvalue weighted by molar-refractivity contribution is -0.150. The molecule has 156 valence electrons. The molecule has 0 aromatic carbocycles. The fourth-order valence-corrected chi connectivity index (χ4v) is 6.15. The molecule has 28 heavy (non-hydrogen) atoms. The molecule has 5 atom stereocenters. The number of allylic oxidation sites excluding steroid dienone is 1. The fraction of sp³-hybridized carbons (Fsp3) is 0.826. The third-order valence-electron chi connectivity index (χ3n) is 7.74. The molecule has 0 aromatic rings. The van der Waals surface area contributed by atoms with Gasteiger partial charge >= 0.3 is 11.9 Å². The fourth-order valence-electron chi connectivity index (χ4n) is 6.15. The quantitative estimate of drug-likeness (QED) is 0.543. The van der Waals surface area contributed by atoms with Gasteiger partial charge in [-0.15, -0.1) is 0 Å². The Labute approximate surface area is 168 Å². The van der Waals surface area contributed by atoms with Crippen molar-refractivity contribution in [2.45, 2.75) is 65.4 Å². The number of likely N-dealkylation sites (tertiary alicyclic amines) is 1. The molecule has 2 saturated heterocycles. The minimum atomic E-state index is -0.0647. The minimum absolute atomic E-state index is 0.0140. The van der Waals surface area contributed by atoms with E-state index in [4.69, 9.17) is 9.47 Å². The number of rotatable bonds is 4. The van der Waals surface area contributed by atoms with Crippen molar-refractivity contribution < 1.29 is 19.1 Å². The summed E-state index contributed by atoms with van der Waals surface area (Å²) in [6.07, 6.45) is 8.87. The smallest absolute Gasteiger partial charge is 0.311 e. The lowest BCUT2D eigenvalue weighted by atomic mass is 9.59. The van der Waals surface area contributed by atoms with Crippen molar-refractivity contribution in [3.63, 3.8) is 0 Å². The van der Waals surface area contributed by atoms with Crippen LogP contribution in [0.4, 0.5) is 0 Å². The van der Waals surface area contributed by atoms with E-state index in [1.807, 2.05) is 6.92 Å². The lowest BCUT2D eigenvalue weighted by Gasteiger charge is -2.46. The molecule has 0 radical (unpaired) electrons. The van der Waals surface area contributed by atoms with E-state index in [2.05, 4.69) is 24.8 Å². The van der Waals surface area contributed by atoms with Gasteiger partial charge in [-0.05, 0) is 63.5 Å². The van der Waals surface area contributed by atoms with Gasteiger partial charge in [0, 0.05) is 12.5 Å². The van der Waals surface area contributed by atoms with Crippen molar-refractivity contribution in [2.75, 3.05) is 26.2 Å². The Morgan fingerprint density at radius 1 is 1.32 bits per heavy atom. The van der Waals surface area contributed by atoms with E-state index in [0.29, 0.717) is 12.5 Å². The number of esters is 2. The Bertz CT molecular complexity index is 651.